The number of ketones is 1. The molecule has 2 aromatic carbocycles. The van der Waals surface area contributed by atoms with Gasteiger partial charge in [-0.1, -0.05) is 60.1 Å². The molecule has 0 bridgehead atoms. The zero-order valence-electron chi connectivity index (χ0n) is 15.3. The number of aliphatic hydroxyl groups is 1. The molecule has 1 amide bonds. The van der Waals surface area contributed by atoms with Gasteiger partial charge in [0, 0.05) is 18.7 Å². The number of nitrogens with zero attached hydrogens (tertiary/aromatic N) is 1. The van der Waals surface area contributed by atoms with Crippen molar-refractivity contribution in [2.75, 3.05) is 20.3 Å². The number of rotatable bonds is 7. The molecule has 0 fully saturated rings. The average molecular weight is 398 g/mol. The lowest BCUT2D eigenvalue weighted by Gasteiger charge is -2.26. The van der Waals surface area contributed by atoms with E-state index in [1.807, 2.05) is 30.3 Å². The number of carbonyl (C=O) groups is 2. The number of halogens is 1. The van der Waals surface area contributed by atoms with Crippen molar-refractivity contribution < 1.29 is 19.4 Å². The number of hydrogen-bond donors (Lipinski definition) is 1. The van der Waals surface area contributed by atoms with Crippen molar-refractivity contribution in [1.29, 1.82) is 0 Å². The maximum absolute atomic E-state index is 12.9. The molecule has 1 aliphatic rings. The van der Waals surface area contributed by atoms with Gasteiger partial charge in [0.05, 0.1) is 18.2 Å². The van der Waals surface area contributed by atoms with Gasteiger partial charge in [-0.25, -0.2) is 0 Å². The summed E-state index contributed by atoms with van der Waals surface area (Å²) in [6, 6.07) is 15.5. The summed E-state index contributed by atoms with van der Waals surface area (Å²) in [6.45, 7) is 0.507. The second-order valence-electron chi connectivity index (χ2n) is 6.32. The first-order valence-corrected chi connectivity index (χ1v) is 9.16. The Hall–Kier alpha value is -2.89. The molecule has 1 N–H and O–H groups in total. The van der Waals surface area contributed by atoms with Gasteiger partial charge in [-0.05, 0) is 29.3 Å². The van der Waals surface area contributed by atoms with Crippen molar-refractivity contribution in [3.05, 3.63) is 88.2 Å². The smallest absolute Gasteiger partial charge is 0.290 e. The molecule has 0 aliphatic carbocycles. The number of ether oxygens (including phenoxy) is 1. The van der Waals surface area contributed by atoms with Crippen LogP contribution < -0.4 is 0 Å². The van der Waals surface area contributed by atoms with E-state index in [1.54, 1.807) is 30.3 Å². The van der Waals surface area contributed by atoms with Crippen molar-refractivity contribution in [3.8, 4) is 0 Å². The molecular weight excluding hydrogens is 378 g/mol. The fourth-order valence-corrected chi connectivity index (χ4v) is 3.37. The Morgan fingerprint density at radius 3 is 2.64 bits per heavy atom. The van der Waals surface area contributed by atoms with Gasteiger partial charge < -0.3 is 14.7 Å². The monoisotopic (exact) mass is 397 g/mol. The third-order valence-electron chi connectivity index (χ3n) is 4.50. The number of hydrogen-bond acceptors (Lipinski definition) is 4. The predicted octanol–water partition coefficient (Wildman–Crippen LogP) is 3.96. The quantitative estimate of drug-likeness (QED) is 0.718. The summed E-state index contributed by atoms with van der Waals surface area (Å²) >= 11 is 6.11. The standard InChI is InChI=1S/C22H20ClNO4/c1-28-13-12-24-20(16-8-5-9-17(23)14-16)19(21(26)22(24)27)18(25)11-10-15-6-3-2-4-7-15/h2-11,14,20,26H,12-13H2,1H3/b11-10+. The number of allylic oxidation sites excluding steroid dienone is 1. The Morgan fingerprint density at radius 2 is 1.96 bits per heavy atom. The van der Waals surface area contributed by atoms with E-state index in [2.05, 4.69) is 0 Å². The lowest BCUT2D eigenvalue weighted by Crippen LogP contribution is -2.33. The van der Waals surface area contributed by atoms with Gasteiger partial charge in [0.15, 0.2) is 11.5 Å². The molecule has 0 saturated carbocycles. The normalized spacial score (nSPS) is 17.0. The van der Waals surface area contributed by atoms with Crippen LogP contribution in [0.25, 0.3) is 6.08 Å². The van der Waals surface area contributed by atoms with Crippen LogP contribution in [0.1, 0.15) is 17.2 Å². The fourth-order valence-electron chi connectivity index (χ4n) is 3.17. The van der Waals surface area contributed by atoms with E-state index >= 15 is 0 Å². The molecule has 1 atom stereocenters. The molecular formula is C22H20ClNO4. The van der Waals surface area contributed by atoms with Crippen LogP contribution in [0.2, 0.25) is 5.02 Å². The van der Waals surface area contributed by atoms with Crippen LogP contribution in [0, 0.1) is 0 Å². The molecule has 0 aromatic heterocycles. The first-order chi connectivity index (χ1) is 13.5. The topological polar surface area (TPSA) is 66.8 Å². The van der Waals surface area contributed by atoms with Crippen LogP contribution in [0.15, 0.2) is 72.0 Å². The third-order valence-corrected chi connectivity index (χ3v) is 4.73. The van der Waals surface area contributed by atoms with E-state index < -0.39 is 23.5 Å². The van der Waals surface area contributed by atoms with Crippen LogP contribution in [-0.4, -0.2) is 42.0 Å². The Bertz CT molecular complexity index is 937. The third kappa shape index (κ3) is 4.16. The van der Waals surface area contributed by atoms with Gasteiger partial charge in [0.1, 0.15) is 0 Å². The zero-order chi connectivity index (χ0) is 20.1. The minimum Gasteiger partial charge on any atom is -0.503 e. The highest BCUT2D eigenvalue weighted by molar-refractivity contribution is 6.30. The Kier molecular flexibility index (Phi) is 6.29. The molecule has 0 spiro atoms. The molecule has 3 rings (SSSR count). The number of amides is 1. The van der Waals surface area contributed by atoms with E-state index in [0.717, 1.165) is 5.56 Å². The zero-order valence-corrected chi connectivity index (χ0v) is 16.1. The summed E-state index contributed by atoms with van der Waals surface area (Å²) in [7, 11) is 1.52. The van der Waals surface area contributed by atoms with Crippen LogP contribution in [0.4, 0.5) is 0 Å². The fraction of sp³-hybridized carbons (Fsp3) is 0.182. The Balaban J connectivity index is 1.98. The van der Waals surface area contributed by atoms with Gasteiger partial charge in [-0.2, -0.15) is 0 Å². The summed E-state index contributed by atoms with van der Waals surface area (Å²) in [6.07, 6.45) is 3.02. The minimum absolute atomic E-state index is 0.0375. The van der Waals surface area contributed by atoms with Crippen molar-refractivity contribution in [2.24, 2.45) is 0 Å². The van der Waals surface area contributed by atoms with Crippen molar-refractivity contribution in [2.45, 2.75) is 6.04 Å². The van der Waals surface area contributed by atoms with Gasteiger partial charge in [0.2, 0.25) is 0 Å². The van der Waals surface area contributed by atoms with E-state index in [-0.39, 0.29) is 18.7 Å². The highest BCUT2D eigenvalue weighted by Gasteiger charge is 2.42. The minimum atomic E-state index is -0.728. The van der Waals surface area contributed by atoms with Crippen LogP contribution in [-0.2, 0) is 14.3 Å². The Morgan fingerprint density at radius 1 is 1.21 bits per heavy atom. The average Bonchev–Trinajstić information content (AvgIpc) is 2.96. The highest BCUT2D eigenvalue weighted by Crippen LogP contribution is 2.38. The number of benzene rings is 2. The summed E-state index contributed by atoms with van der Waals surface area (Å²) in [4.78, 5) is 27.0. The molecule has 5 nitrogen and oxygen atoms in total. The molecule has 2 aromatic rings. The summed E-state index contributed by atoms with van der Waals surface area (Å²) in [5.74, 6) is -1.57. The summed E-state index contributed by atoms with van der Waals surface area (Å²) in [5, 5.41) is 10.9. The molecule has 0 radical (unpaired) electrons. The van der Waals surface area contributed by atoms with E-state index in [9.17, 15) is 14.7 Å². The molecule has 144 valence electrons. The predicted molar refractivity (Wildman–Crippen MR) is 108 cm³/mol. The first-order valence-electron chi connectivity index (χ1n) is 8.79. The molecule has 28 heavy (non-hydrogen) atoms. The molecule has 1 unspecified atom stereocenters. The van der Waals surface area contributed by atoms with Crippen LogP contribution in [0.3, 0.4) is 0 Å². The second-order valence-corrected chi connectivity index (χ2v) is 6.76. The van der Waals surface area contributed by atoms with Gasteiger partial charge in [0.25, 0.3) is 5.91 Å². The largest absolute Gasteiger partial charge is 0.503 e. The van der Waals surface area contributed by atoms with Gasteiger partial charge in [-0.3, -0.25) is 9.59 Å². The van der Waals surface area contributed by atoms with Crippen LogP contribution >= 0.6 is 11.6 Å². The highest BCUT2D eigenvalue weighted by atomic mass is 35.5. The van der Waals surface area contributed by atoms with E-state index in [0.29, 0.717) is 10.6 Å². The number of methoxy groups -OCH3 is 1. The lowest BCUT2D eigenvalue weighted by atomic mass is 9.95. The number of aliphatic hydroxyl groups excluding tert-OH is 1. The Labute approximate surface area is 168 Å². The molecule has 6 heteroatoms. The van der Waals surface area contributed by atoms with Crippen molar-refractivity contribution >= 4 is 29.4 Å². The van der Waals surface area contributed by atoms with E-state index in [4.69, 9.17) is 16.3 Å². The van der Waals surface area contributed by atoms with Crippen molar-refractivity contribution in [3.63, 3.8) is 0 Å². The second kappa shape index (κ2) is 8.87. The maximum Gasteiger partial charge on any atom is 0.290 e. The van der Waals surface area contributed by atoms with Gasteiger partial charge >= 0.3 is 0 Å². The lowest BCUT2D eigenvalue weighted by molar-refractivity contribution is -0.130. The summed E-state index contributed by atoms with van der Waals surface area (Å²) in [5.41, 5.74) is 1.53. The summed E-state index contributed by atoms with van der Waals surface area (Å²) < 4.78 is 5.08. The SMILES string of the molecule is COCCN1C(=O)C(O)=C(C(=O)/C=C/c2ccccc2)C1c1cccc(Cl)c1. The maximum atomic E-state index is 12.9. The van der Waals surface area contributed by atoms with Crippen LogP contribution in [0.5, 0.6) is 0 Å². The number of carbonyl (C=O) groups excluding carboxylic acids is 2. The molecule has 0 saturated heterocycles. The molecule has 1 aliphatic heterocycles. The molecule has 1 heterocycles. The van der Waals surface area contributed by atoms with E-state index in [1.165, 1.54) is 18.1 Å². The van der Waals surface area contributed by atoms with Crippen molar-refractivity contribution in [1.82, 2.24) is 4.90 Å². The van der Waals surface area contributed by atoms with Gasteiger partial charge in [-0.15, -0.1) is 0 Å². The first kappa shape index (κ1) is 19.9.